The molecule has 2 unspecified atom stereocenters. The lowest BCUT2D eigenvalue weighted by Crippen LogP contribution is -2.61. The average molecular weight is 184 g/mol. The van der Waals surface area contributed by atoms with Gasteiger partial charge in [-0.3, -0.25) is 0 Å². The maximum Gasteiger partial charge on any atom is 0.0777 e. The minimum absolute atomic E-state index is 0.226. The summed E-state index contributed by atoms with van der Waals surface area (Å²) in [6.45, 7) is 1.67. The van der Waals surface area contributed by atoms with Crippen LogP contribution >= 0.6 is 0 Å². The smallest absolute Gasteiger partial charge is 0.0777 e. The van der Waals surface area contributed by atoms with Crippen molar-refractivity contribution in [2.45, 2.75) is 18.5 Å². The van der Waals surface area contributed by atoms with E-state index in [2.05, 4.69) is 0 Å². The molecule has 0 saturated carbocycles. The van der Waals surface area contributed by atoms with Crippen LogP contribution in [0, 0.1) is 0 Å². The first-order valence-electron chi connectivity index (χ1n) is 3.85. The molecule has 1 aliphatic rings. The van der Waals surface area contributed by atoms with Gasteiger partial charge in [0.25, 0.3) is 0 Å². The second kappa shape index (κ2) is 2.54. The predicted molar refractivity (Wildman–Crippen MR) is 51.4 cm³/mol. The molecule has 0 aromatic rings. The fourth-order valence-corrected chi connectivity index (χ4v) is 1.25. The van der Waals surface area contributed by atoms with Gasteiger partial charge in [-0.1, -0.05) is 0 Å². The highest BCUT2D eigenvalue weighted by Crippen LogP contribution is 2.25. The highest BCUT2D eigenvalue weighted by molar-refractivity contribution is 5.46. The Morgan fingerprint density at radius 3 is 2.00 bits per heavy atom. The van der Waals surface area contributed by atoms with Gasteiger partial charge in [0.15, 0.2) is 0 Å². The zero-order chi connectivity index (χ0) is 10.4. The normalized spacial score (nSPS) is 35.5. The number of rotatable bonds is 0. The quantitative estimate of drug-likeness (QED) is 0.240. The van der Waals surface area contributed by atoms with Gasteiger partial charge in [0.05, 0.1) is 34.4 Å². The van der Waals surface area contributed by atoms with Crippen molar-refractivity contribution in [3.05, 3.63) is 22.8 Å². The van der Waals surface area contributed by atoms with Crippen molar-refractivity contribution in [1.82, 2.24) is 0 Å². The third-order valence-corrected chi connectivity index (χ3v) is 2.45. The van der Waals surface area contributed by atoms with Gasteiger partial charge in [-0.15, -0.1) is 0 Å². The molecule has 74 valence electrons. The fraction of sp³-hybridized carbons (Fsp3) is 0.429. The second-order valence-electron chi connectivity index (χ2n) is 3.46. The molecule has 0 bridgehead atoms. The van der Waals surface area contributed by atoms with E-state index in [1.165, 1.54) is 0 Å². The first-order chi connectivity index (χ1) is 5.80. The van der Waals surface area contributed by atoms with Crippen molar-refractivity contribution >= 4 is 0 Å². The summed E-state index contributed by atoms with van der Waals surface area (Å²) in [5.41, 5.74) is 34.2. The Labute approximate surface area is 76.6 Å². The molecule has 1 aliphatic carbocycles. The van der Waals surface area contributed by atoms with E-state index < -0.39 is 11.6 Å². The van der Waals surface area contributed by atoms with Crippen molar-refractivity contribution in [1.29, 1.82) is 0 Å². The van der Waals surface area contributed by atoms with Crippen molar-refractivity contribution in [3.63, 3.8) is 0 Å². The summed E-state index contributed by atoms with van der Waals surface area (Å²) in [4.78, 5) is 0. The van der Waals surface area contributed by atoms with Crippen LogP contribution in [0.15, 0.2) is 22.8 Å². The second-order valence-corrected chi connectivity index (χ2v) is 3.46. The number of nitrogens with two attached hydrogens (primary N) is 6. The number of hydrogen-bond acceptors (Lipinski definition) is 6. The highest BCUT2D eigenvalue weighted by atomic mass is 15.0. The molecule has 1 rings (SSSR count). The van der Waals surface area contributed by atoms with Gasteiger partial charge in [0, 0.05) is 0 Å². The molecule has 0 radical (unpaired) electrons. The van der Waals surface area contributed by atoms with Gasteiger partial charge in [-0.25, -0.2) is 0 Å². The Morgan fingerprint density at radius 1 is 1.08 bits per heavy atom. The third-order valence-electron chi connectivity index (χ3n) is 2.45. The molecule has 0 aromatic heterocycles. The summed E-state index contributed by atoms with van der Waals surface area (Å²) in [5, 5.41) is 0. The van der Waals surface area contributed by atoms with Crippen molar-refractivity contribution < 1.29 is 0 Å². The maximum absolute atomic E-state index is 5.85. The van der Waals surface area contributed by atoms with Crippen LogP contribution in [0.25, 0.3) is 0 Å². The van der Waals surface area contributed by atoms with Crippen LogP contribution < -0.4 is 34.4 Å². The Bertz CT molecular complexity index is 300. The largest absolute Gasteiger partial charge is 0.399 e. The molecule has 0 saturated heterocycles. The zero-order valence-corrected chi connectivity index (χ0v) is 7.54. The van der Waals surface area contributed by atoms with E-state index in [9.17, 15) is 0 Å². The van der Waals surface area contributed by atoms with Crippen LogP contribution in [0.3, 0.4) is 0 Å². The van der Waals surface area contributed by atoms with E-state index >= 15 is 0 Å². The van der Waals surface area contributed by atoms with E-state index in [1.807, 2.05) is 0 Å². The topological polar surface area (TPSA) is 156 Å². The molecule has 0 heterocycles. The molecule has 6 nitrogen and oxygen atoms in total. The van der Waals surface area contributed by atoms with E-state index in [-0.39, 0.29) is 22.8 Å². The van der Waals surface area contributed by atoms with Crippen LogP contribution in [-0.2, 0) is 0 Å². The molecule has 0 spiro atoms. The minimum Gasteiger partial charge on any atom is -0.399 e. The molecule has 0 amide bonds. The number of hydrogen-bond donors (Lipinski definition) is 6. The monoisotopic (exact) mass is 184 g/mol. The zero-order valence-electron chi connectivity index (χ0n) is 7.54. The lowest BCUT2D eigenvalue weighted by Gasteiger charge is -2.37. The predicted octanol–water partition coefficient (Wildman–Crippen LogP) is -2.70. The Morgan fingerprint density at radius 2 is 1.54 bits per heavy atom. The molecule has 0 aromatic carbocycles. The third kappa shape index (κ3) is 1.11. The van der Waals surface area contributed by atoms with Crippen molar-refractivity contribution in [3.8, 4) is 0 Å². The molecule has 13 heavy (non-hydrogen) atoms. The van der Waals surface area contributed by atoms with E-state index in [1.54, 1.807) is 6.92 Å². The lowest BCUT2D eigenvalue weighted by atomic mass is 9.82. The van der Waals surface area contributed by atoms with E-state index in [0.717, 1.165) is 0 Å². The lowest BCUT2D eigenvalue weighted by molar-refractivity contribution is 0.450. The Balaban J connectivity index is 3.32. The first kappa shape index (κ1) is 9.69. The van der Waals surface area contributed by atoms with Gasteiger partial charge >= 0.3 is 0 Å². The van der Waals surface area contributed by atoms with Crippen LogP contribution in [0.1, 0.15) is 6.92 Å². The highest BCUT2D eigenvalue weighted by Gasteiger charge is 2.38. The van der Waals surface area contributed by atoms with Crippen LogP contribution in [0.5, 0.6) is 0 Å². The fourth-order valence-electron chi connectivity index (χ4n) is 1.25. The van der Waals surface area contributed by atoms with Crippen LogP contribution in [0.4, 0.5) is 0 Å². The molecule has 6 heteroatoms. The molecular weight excluding hydrogens is 168 g/mol. The SMILES string of the molecule is CC1(N)C(N)=C(N)C(N)=C(N)C1N. The Kier molecular flexibility index (Phi) is 1.89. The standard InChI is InChI=1S/C7H16N6/c1-7(13)5(11)3(9)2(8)4(10)6(7)12/h5H,8-13H2,1H3. The average Bonchev–Trinajstić information content (AvgIpc) is 2.09. The minimum atomic E-state index is -0.933. The molecule has 0 aliphatic heterocycles. The van der Waals surface area contributed by atoms with Gasteiger partial charge in [0.1, 0.15) is 0 Å². The molecule has 12 N–H and O–H groups in total. The molecular formula is C7H16N6. The summed E-state index contributed by atoms with van der Waals surface area (Å²) in [7, 11) is 0. The van der Waals surface area contributed by atoms with Crippen LogP contribution in [0.2, 0.25) is 0 Å². The van der Waals surface area contributed by atoms with Crippen LogP contribution in [-0.4, -0.2) is 11.6 Å². The van der Waals surface area contributed by atoms with Crippen molar-refractivity contribution in [2.75, 3.05) is 0 Å². The van der Waals surface area contributed by atoms with Crippen molar-refractivity contribution in [2.24, 2.45) is 34.4 Å². The van der Waals surface area contributed by atoms with Gasteiger partial charge in [-0.05, 0) is 6.92 Å². The molecule has 2 atom stereocenters. The first-order valence-corrected chi connectivity index (χ1v) is 3.85. The maximum atomic E-state index is 5.85. The van der Waals surface area contributed by atoms with E-state index in [0.29, 0.717) is 0 Å². The van der Waals surface area contributed by atoms with Gasteiger partial charge in [-0.2, -0.15) is 0 Å². The van der Waals surface area contributed by atoms with Gasteiger partial charge in [0.2, 0.25) is 0 Å². The summed E-state index contributed by atoms with van der Waals surface area (Å²) in [5.74, 6) is 0. The van der Waals surface area contributed by atoms with E-state index in [4.69, 9.17) is 34.4 Å². The Hall–Kier alpha value is -1.40. The summed E-state index contributed by atoms with van der Waals surface area (Å²) < 4.78 is 0. The summed E-state index contributed by atoms with van der Waals surface area (Å²) in [6, 6.07) is -0.597. The van der Waals surface area contributed by atoms with Gasteiger partial charge < -0.3 is 34.4 Å². The molecule has 0 fully saturated rings. The summed E-state index contributed by atoms with van der Waals surface area (Å²) in [6.07, 6.45) is 0. The summed E-state index contributed by atoms with van der Waals surface area (Å²) >= 11 is 0.